The van der Waals surface area contributed by atoms with E-state index in [-0.39, 0.29) is 11.9 Å². The molecule has 0 aromatic rings. The highest BCUT2D eigenvalue weighted by Crippen LogP contribution is 2.09. The normalized spacial score (nSPS) is 15.9. The monoisotopic (exact) mass is 179 g/mol. The average Bonchev–Trinajstić information content (AvgIpc) is 1.99. The SMILES string of the molecule is CC(CO)SC[C@H](N)C(=O)O. The molecule has 66 valence electrons. The molecule has 0 amide bonds. The van der Waals surface area contributed by atoms with Gasteiger partial charge in [-0.2, -0.15) is 11.8 Å². The van der Waals surface area contributed by atoms with Gasteiger partial charge in [-0.1, -0.05) is 6.92 Å². The summed E-state index contributed by atoms with van der Waals surface area (Å²) >= 11 is 1.36. The zero-order valence-corrected chi connectivity index (χ0v) is 7.17. The molecule has 0 aliphatic heterocycles. The van der Waals surface area contributed by atoms with E-state index in [9.17, 15) is 4.79 Å². The number of carboxylic acids is 1. The molecule has 0 radical (unpaired) electrons. The number of carbonyl (C=O) groups is 1. The number of aliphatic carboxylic acids is 1. The zero-order valence-electron chi connectivity index (χ0n) is 6.36. The van der Waals surface area contributed by atoms with Crippen LogP contribution in [0.1, 0.15) is 6.92 Å². The smallest absolute Gasteiger partial charge is 0.321 e. The van der Waals surface area contributed by atoms with Crippen molar-refractivity contribution in [3.05, 3.63) is 0 Å². The number of hydrogen-bond acceptors (Lipinski definition) is 4. The summed E-state index contributed by atoms with van der Waals surface area (Å²) in [5.74, 6) is -0.653. The molecule has 5 heteroatoms. The maximum absolute atomic E-state index is 10.2. The minimum absolute atomic E-state index is 0.0526. The molecule has 0 rings (SSSR count). The fraction of sp³-hybridized carbons (Fsp3) is 0.833. The number of nitrogens with two attached hydrogens (primary N) is 1. The first-order valence-electron chi connectivity index (χ1n) is 3.28. The van der Waals surface area contributed by atoms with Crippen LogP contribution in [0.25, 0.3) is 0 Å². The second kappa shape index (κ2) is 5.40. The van der Waals surface area contributed by atoms with Gasteiger partial charge in [-0.3, -0.25) is 4.79 Å². The van der Waals surface area contributed by atoms with E-state index >= 15 is 0 Å². The molecule has 4 N–H and O–H groups in total. The molecule has 0 aliphatic rings. The fourth-order valence-electron chi connectivity index (χ4n) is 0.392. The molecule has 4 nitrogen and oxygen atoms in total. The zero-order chi connectivity index (χ0) is 8.85. The Balaban J connectivity index is 3.45. The van der Waals surface area contributed by atoms with Gasteiger partial charge in [-0.05, 0) is 0 Å². The van der Waals surface area contributed by atoms with Crippen molar-refractivity contribution in [2.75, 3.05) is 12.4 Å². The van der Waals surface area contributed by atoms with Crippen molar-refractivity contribution in [1.29, 1.82) is 0 Å². The summed E-state index contributed by atoms with van der Waals surface area (Å²) in [5, 5.41) is 17.0. The lowest BCUT2D eigenvalue weighted by Gasteiger charge is -2.09. The van der Waals surface area contributed by atoms with Gasteiger partial charge < -0.3 is 15.9 Å². The Kier molecular flexibility index (Phi) is 5.27. The van der Waals surface area contributed by atoms with E-state index in [1.807, 2.05) is 6.92 Å². The van der Waals surface area contributed by atoms with Gasteiger partial charge in [0.1, 0.15) is 6.04 Å². The summed E-state index contributed by atoms with van der Waals surface area (Å²) in [6, 6.07) is -0.825. The third kappa shape index (κ3) is 5.06. The van der Waals surface area contributed by atoms with Crippen LogP contribution in [-0.4, -0.2) is 39.8 Å². The van der Waals surface area contributed by atoms with Crippen LogP contribution in [-0.2, 0) is 4.79 Å². The van der Waals surface area contributed by atoms with Gasteiger partial charge in [0.25, 0.3) is 0 Å². The predicted octanol–water partition coefficient (Wildman–Crippen LogP) is -0.488. The van der Waals surface area contributed by atoms with Crippen molar-refractivity contribution in [3.63, 3.8) is 0 Å². The maximum Gasteiger partial charge on any atom is 0.321 e. The number of aliphatic hydroxyl groups excluding tert-OH is 1. The quantitative estimate of drug-likeness (QED) is 0.530. The van der Waals surface area contributed by atoms with Crippen molar-refractivity contribution in [2.24, 2.45) is 5.73 Å². The molecule has 0 aromatic carbocycles. The number of carboxylic acid groups (broad SMARTS) is 1. The first-order chi connectivity index (χ1) is 5.07. The van der Waals surface area contributed by atoms with Crippen molar-refractivity contribution in [1.82, 2.24) is 0 Å². The van der Waals surface area contributed by atoms with Crippen molar-refractivity contribution < 1.29 is 15.0 Å². The Labute approximate surface area is 69.8 Å². The van der Waals surface area contributed by atoms with Crippen molar-refractivity contribution in [3.8, 4) is 0 Å². The lowest BCUT2D eigenvalue weighted by Crippen LogP contribution is -2.33. The number of aliphatic hydroxyl groups is 1. The third-order valence-electron chi connectivity index (χ3n) is 1.13. The van der Waals surface area contributed by atoms with Crippen LogP contribution in [0.15, 0.2) is 0 Å². The van der Waals surface area contributed by atoms with E-state index in [1.54, 1.807) is 0 Å². The first kappa shape index (κ1) is 10.7. The summed E-state index contributed by atoms with van der Waals surface area (Å²) in [6.45, 7) is 1.87. The van der Waals surface area contributed by atoms with Gasteiger partial charge >= 0.3 is 5.97 Å². The maximum atomic E-state index is 10.2. The van der Waals surface area contributed by atoms with Gasteiger partial charge in [-0.15, -0.1) is 0 Å². The Bertz CT molecular complexity index is 131. The van der Waals surface area contributed by atoms with Crippen LogP contribution in [0.5, 0.6) is 0 Å². The van der Waals surface area contributed by atoms with Crippen LogP contribution >= 0.6 is 11.8 Å². The molecule has 2 atom stereocenters. The average molecular weight is 179 g/mol. The summed E-state index contributed by atoms with van der Waals surface area (Å²) in [4.78, 5) is 10.2. The lowest BCUT2D eigenvalue weighted by molar-refractivity contribution is -0.137. The van der Waals surface area contributed by atoms with E-state index in [1.165, 1.54) is 11.8 Å². The second-order valence-electron chi connectivity index (χ2n) is 2.27. The lowest BCUT2D eigenvalue weighted by atomic mass is 10.4. The summed E-state index contributed by atoms with van der Waals surface area (Å²) in [5.41, 5.74) is 5.22. The molecule has 0 spiro atoms. The molecule has 0 aromatic heterocycles. The van der Waals surface area contributed by atoms with Crippen molar-refractivity contribution in [2.45, 2.75) is 18.2 Å². The molecular weight excluding hydrogens is 166 g/mol. The molecule has 0 heterocycles. The molecule has 0 bridgehead atoms. The Morgan fingerprint density at radius 2 is 2.27 bits per heavy atom. The van der Waals surface area contributed by atoms with Gasteiger partial charge in [0, 0.05) is 11.0 Å². The van der Waals surface area contributed by atoms with Gasteiger partial charge in [0.15, 0.2) is 0 Å². The summed E-state index contributed by atoms with van der Waals surface area (Å²) in [7, 11) is 0. The fourth-order valence-corrected chi connectivity index (χ4v) is 1.18. The number of hydrogen-bond donors (Lipinski definition) is 3. The minimum Gasteiger partial charge on any atom is -0.480 e. The van der Waals surface area contributed by atoms with Crippen LogP contribution < -0.4 is 5.73 Å². The van der Waals surface area contributed by atoms with E-state index in [4.69, 9.17) is 15.9 Å². The van der Waals surface area contributed by atoms with Crippen LogP contribution in [0.2, 0.25) is 0 Å². The topological polar surface area (TPSA) is 83.5 Å². The standard InChI is InChI=1S/C6H13NO3S/c1-4(2-8)11-3-5(7)6(9)10/h4-5,8H,2-3,7H2,1H3,(H,9,10)/t4?,5-/m0/s1. The van der Waals surface area contributed by atoms with Crippen LogP contribution in [0.4, 0.5) is 0 Å². The van der Waals surface area contributed by atoms with E-state index < -0.39 is 12.0 Å². The number of thioether (sulfide) groups is 1. The summed E-state index contributed by atoms with van der Waals surface area (Å²) < 4.78 is 0. The van der Waals surface area contributed by atoms with Gasteiger partial charge in [0.2, 0.25) is 0 Å². The summed E-state index contributed by atoms with van der Waals surface area (Å²) in [6.07, 6.45) is 0. The van der Waals surface area contributed by atoms with E-state index in [0.29, 0.717) is 5.75 Å². The molecule has 1 unspecified atom stereocenters. The first-order valence-corrected chi connectivity index (χ1v) is 4.33. The van der Waals surface area contributed by atoms with Crippen LogP contribution in [0.3, 0.4) is 0 Å². The molecule has 0 aliphatic carbocycles. The van der Waals surface area contributed by atoms with Crippen LogP contribution in [0, 0.1) is 0 Å². The second-order valence-corrected chi connectivity index (χ2v) is 3.74. The van der Waals surface area contributed by atoms with E-state index in [2.05, 4.69) is 0 Å². The van der Waals surface area contributed by atoms with Crippen molar-refractivity contribution >= 4 is 17.7 Å². The molecular formula is C6H13NO3S. The number of rotatable bonds is 5. The van der Waals surface area contributed by atoms with Gasteiger partial charge in [0.05, 0.1) is 6.61 Å². The Hall–Kier alpha value is -0.260. The predicted molar refractivity (Wildman–Crippen MR) is 44.6 cm³/mol. The van der Waals surface area contributed by atoms with E-state index in [0.717, 1.165) is 0 Å². The molecule has 0 fully saturated rings. The van der Waals surface area contributed by atoms with Gasteiger partial charge in [-0.25, -0.2) is 0 Å². The molecule has 0 saturated carbocycles. The molecule has 0 saturated heterocycles. The Morgan fingerprint density at radius 3 is 2.64 bits per heavy atom. The Morgan fingerprint density at radius 1 is 1.73 bits per heavy atom. The molecule has 11 heavy (non-hydrogen) atoms. The highest BCUT2D eigenvalue weighted by atomic mass is 32.2. The minimum atomic E-state index is -0.998. The highest BCUT2D eigenvalue weighted by molar-refractivity contribution is 7.99. The third-order valence-corrected chi connectivity index (χ3v) is 2.40. The largest absolute Gasteiger partial charge is 0.480 e. The highest BCUT2D eigenvalue weighted by Gasteiger charge is 2.12.